The molecule has 120 valence electrons. The van der Waals surface area contributed by atoms with E-state index in [4.69, 9.17) is 10.7 Å². The highest BCUT2D eigenvalue weighted by atomic mass is 15.1. The molecule has 2 heterocycles. The van der Waals surface area contributed by atoms with E-state index in [1.807, 2.05) is 18.2 Å². The molecule has 0 aliphatic heterocycles. The van der Waals surface area contributed by atoms with Gasteiger partial charge in [-0.3, -0.25) is 4.90 Å². The lowest BCUT2D eigenvalue weighted by Gasteiger charge is -2.18. The SMILES string of the molecule is CCN(CC)Cc1c(-c2cccc(N)c2)nc2ccc(C)cn12. The van der Waals surface area contributed by atoms with Crippen LogP contribution in [0.15, 0.2) is 42.6 Å². The standard InChI is InChI=1S/C19H24N4/c1-4-22(5-2)13-17-19(15-7-6-8-16(20)11-15)21-18-10-9-14(3)12-23(17)18/h6-12H,4-5,13,20H2,1-3H3. The molecule has 3 rings (SSSR count). The molecular weight excluding hydrogens is 284 g/mol. The average Bonchev–Trinajstić information content (AvgIpc) is 2.90. The topological polar surface area (TPSA) is 46.6 Å². The molecule has 2 N–H and O–H groups in total. The molecule has 0 radical (unpaired) electrons. The Morgan fingerprint density at radius 1 is 1.13 bits per heavy atom. The van der Waals surface area contributed by atoms with Crippen LogP contribution >= 0.6 is 0 Å². The van der Waals surface area contributed by atoms with Gasteiger partial charge in [0.15, 0.2) is 0 Å². The minimum Gasteiger partial charge on any atom is -0.399 e. The van der Waals surface area contributed by atoms with Gasteiger partial charge in [0.2, 0.25) is 0 Å². The number of rotatable bonds is 5. The number of anilines is 1. The summed E-state index contributed by atoms with van der Waals surface area (Å²) in [7, 11) is 0. The molecule has 2 aromatic heterocycles. The molecule has 1 aromatic carbocycles. The highest BCUT2D eigenvalue weighted by Crippen LogP contribution is 2.27. The van der Waals surface area contributed by atoms with Crippen molar-refractivity contribution in [1.29, 1.82) is 0 Å². The van der Waals surface area contributed by atoms with Gasteiger partial charge in [-0.15, -0.1) is 0 Å². The summed E-state index contributed by atoms with van der Waals surface area (Å²) < 4.78 is 2.21. The Balaban J connectivity index is 2.19. The van der Waals surface area contributed by atoms with Crippen molar-refractivity contribution in [2.75, 3.05) is 18.8 Å². The zero-order chi connectivity index (χ0) is 16.4. The van der Waals surface area contributed by atoms with Gasteiger partial charge in [0.1, 0.15) is 5.65 Å². The maximum atomic E-state index is 5.97. The number of aryl methyl sites for hydroxylation is 1. The third kappa shape index (κ3) is 3.08. The van der Waals surface area contributed by atoms with Gasteiger partial charge in [0.05, 0.1) is 11.4 Å². The number of nitrogens with two attached hydrogens (primary N) is 1. The van der Waals surface area contributed by atoms with Gasteiger partial charge in [-0.25, -0.2) is 4.98 Å². The fraction of sp³-hybridized carbons (Fsp3) is 0.316. The van der Waals surface area contributed by atoms with Gasteiger partial charge in [0, 0.05) is 24.0 Å². The van der Waals surface area contributed by atoms with Crippen molar-refractivity contribution < 1.29 is 0 Å². The number of hydrogen-bond acceptors (Lipinski definition) is 3. The van der Waals surface area contributed by atoms with Gasteiger partial charge < -0.3 is 10.1 Å². The molecule has 0 amide bonds. The first kappa shape index (κ1) is 15.6. The Hall–Kier alpha value is -2.33. The summed E-state index contributed by atoms with van der Waals surface area (Å²) in [5, 5.41) is 0. The minimum absolute atomic E-state index is 0.768. The normalized spacial score (nSPS) is 11.5. The van der Waals surface area contributed by atoms with Crippen molar-refractivity contribution in [3.8, 4) is 11.3 Å². The van der Waals surface area contributed by atoms with Crippen LogP contribution in [0.1, 0.15) is 25.1 Å². The number of hydrogen-bond donors (Lipinski definition) is 1. The Morgan fingerprint density at radius 3 is 2.61 bits per heavy atom. The van der Waals surface area contributed by atoms with E-state index in [9.17, 15) is 0 Å². The van der Waals surface area contributed by atoms with Crippen LogP contribution in [0.3, 0.4) is 0 Å². The van der Waals surface area contributed by atoms with Crippen LogP contribution < -0.4 is 5.73 Å². The van der Waals surface area contributed by atoms with Crippen molar-refractivity contribution in [1.82, 2.24) is 14.3 Å². The predicted molar refractivity (Wildman–Crippen MR) is 96.4 cm³/mol. The van der Waals surface area contributed by atoms with Crippen molar-refractivity contribution in [2.45, 2.75) is 27.3 Å². The van der Waals surface area contributed by atoms with E-state index in [0.29, 0.717) is 0 Å². The highest BCUT2D eigenvalue weighted by molar-refractivity contribution is 5.69. The quantitative estimate of drug-likeness (QED) is 0.731. The molecule has 0 aliphatic carbocycles. The van der Waals surface area contributed by atoms with E-state index in [1.165, 1.54) is 11.3 Å². The van der Waals surface area contributed by atoms with Gasteiger partial charge in [-0.2, -0.15) is 0 Å². The van der Waals surface area contributed by atoms with E-state index in [-0.39, 0.29) is 0 Å². The lowest BCUT2D eigenvalue weighted by Crippen LogP contribution is -2.23. The fourth-order valence-electron chi connectivity index (χ4n) is 2.93. The molecule has 0 aliphatic rings. The Kier molecular flexibility index (Phi) is 4.35. The number of nitrogens with zero attached hydrogens (tertiary/aromatic N) is 3. The number of pyridine rings is 1. The van der Waals surface area contributed by atoms with Gasteiger partial charge in [-0.1, -0.05) is 32.0 Å². The van der Waals surface area contributed by atoms with Crippen molar-refractivity contribution >= 4 is 11.3 Å². The molecule has 4 nitrogen and oxygen atoms in total. The van der Waals surface area contributed by atoms with E-state index in [0.717, 1.165) is 42.2 Å². The summed E-state index contributed by atoms with van der Waals surface area (Å²) >= 11 is 0. The third-order valence-corrected chi connectivity index (χ3v) is 4.29. The number of aromatic nitrogens is 2. The van der Waals surface area contributed by atoms with Crippen molar-refractivity contribution in [3.05, 3.63) is 53.9 Å². The monoisotopic (exact) mass is 308 g/mol. The second-order valence-corrected chi connectivity index (χ2v) is 5.93. The fourth-order valence-corrected chi connectivity index (χ4v) is 2.93. The van der Waals surface area contributed by atoms with Gasteiger partial charge >= 0.3 is 0 Å². The lowest BCUT2D eigenvalue weighted by molar-refractivity contribution is 0.292. The predicted octanol–water partition coefficient (Wildman–Crippen LogP) is 3.73. The van der Waals surface area contributed by atoms with E-state index < -0.39 is 0 Å². The molecule has 0 atom stereocenters. The van der Waals surface area contributed by atoms with E-state index in [1.54, 1.807) is 0 Å². The Morgan fingerprint density at radius 2 is 1.91 bits per heavy atom. The third-order valence-electron chi connectivity index (χ3n) is 4.29. The molecule has 0 saturated heterocycles. The zero-order valence-electron chi connectivity index (χ0n) is 14.1. The van der Waals surface area contributed by atoms with Crippen LogP contribution in [0, 0.1) is 6.92 Å². The molecule has 0 unspecified atom stereocenters. The summed E-state index contributed by atoms with van der Waals surface area (Å²) in [6.07, 6.45) is 2.16. The van der Waals surface area contributed by atoms with Crippen molar-refractivity contribution in [2.24, 2.45) is 0 Å². The maximum absolute atomic E-state index is 5.97. The van der Waals surface area contributed by atoms with Crippen LogP contribution in [0.25, 0.3) is 16.9 Å². The van der Waals surface area contributed by atoms with Crippen LogP contribution in [-0.2, 0) is 6.54 Å². The number of nitrogen functional groups attached to an aromatic ring is 1. The second kappa shape index (κ2) is 6.42. The largest absolute Gasteiger partial charge is 0.399 e. The zero-order valence-corrected chi connectivity index (χ0v) is 14.1. The Bertz CT molecular complexity index is 815. The van der Waals surface area contributed by atoms with Crippen molar-refractivity contribution in [3.63, 3.8) is 0 Å². The smallest absolute Gasteiger partial charge is 0.137 e. The van der Waals surface area contributed by atoms with Crippen LogP contribution in [-0.4, -0.2) is 27.4 Å². The van der Waals surface area contributed by atoms with Crippen LogP contribution in [0.2, 0.25) is 0 Å². The molecular formula is C19H24N4. The van der Waals surface area contributed by atoms with E-state index in [2.05, 4.69) is 54.5 Å². The average molecular weight is 308 g/mol. The number of imidazole rings is 1. The first-order chi connectivity index (χ1) is 11.1. The summed E-state index contributed by atoms with van der Waals surface area (Å²) in [5.41, 5.74) is 12.3. The summed E-state index contributed by atoms with van der Waals surface area (Å²) in [4.78, 5) is 7.27. The summed E-state index contributed by atoms with van der Waals surface area (Å²) in [6, 6.07) is 12.2. The van der Waals surface area contributed by atoms with Gasteiger partial charge in [0.25, 0.3) is 0 Å². The molecule has 3 aromatic rings. The van der Waals surface area contributed by atoms with Gasteiger partial charge in [-0.05, 0) is 43.8 Å². The molecule has 0 saturated carbocycles. The Labute approximate surface area is 137 Å². The molecule has 0 bridgehead atoms. The summed E-state index contributed by atoms with van der Waals surface area (Å²) in [6.45, 7) is 9.41. The lowest BCUT2D eigenvalue weighted by atomic mass is 10.1. The van der Waals surface area contributed by atoms with Crippen LogP contribution in [0.5, 0.6) is 0 Å². The van der Waals surface area contributed by atoms with Crippen LogP contribution in [0.4, 0.5) is 5.69 Å². The molecule has 0 fully saturated rings. The molecule has 0 spiro atoms. The van der Waals surface area contributed by atoms with E-state index >= 15 is 0 Å². The molecule has 4 heteroatoms. The highest BCUT2D eigenvalue weighted by Gasteiger charge is 2.16. The second-order valence-electron chi connectivity index (χ2n) is 5.93. The number of benzene rings is 1. The molecule has 23 heavy (non-hydrogen) atoms. The first-order valence-corrected chi connectivity index (χ1v) is 8.18. The minimum atomic E-state index is 0.768. The summed E-state index contributed by atoms with van der Waals surface area (Å²) in [5.74, 6) is 0. The first-order valence-electron chi connectivity index (χ1n) is 8.18. The number of fused-ring (bicyclic) bond motifs is 1. The maximum Gasteiger partial charge on any atom is 0.137 e.